The molecule has 0 amide bonds. The lowest BCUT2D eigenvalue weighted by atomic mass is 9.76. The van der Waals surface area contributed by atoms with Gasteiger partial charge in [0.1, 0.15) is 0 Å². The maximum absolute atomic E-state index is 11.1. The molecular formula is C20H33N3O2. The van der Waals surface area contributed by atoms with Crippen molar-refractivity contribution >= 4 is 11.9 Å². The van der Waals surface area contributed by atoms with Gasteiger partial charge in [-0.25, -0.2) is 0 Å². The molecule has 0 heterocycles. The Bertz CT molecular complexity index is 525. The van der Waals surface area contributed by atoms with Gasteiger partial charge >= 0.3 is 5.97 Å². The molecule has 25 heavy (non-hydrogen) atoms. The highest BCUT2D eigenvalue weighted by atomic mass is 16.5. The summed E-state index contributed by atoms with van der Waals surface area (Å²) >= 11 is 0. The van der Waals surface area contributed by atoms with Crippen molar-refractivity contribution in [1.29, 1.82) is 0 Å². The summed E-state index contributed by atoms with van der Waals surface area (Å²) < 4.78 is 4.65. The van der Waals surface area contributed by atoms with E-state index in [4.69, 9.17) is 0 Å². The lowest BCUT2D eigenvalue weighted by molar-refractivity contribution is -0.140. The average Bonchev–Trinajstić information content (AvgIpc) is 2.67. The van der Waals surface area contributed by atoms with Gasteiger partial charge in [0.05, 0.1) is 7.11 Å². The normalized spacial score (nSPS) is 11.9. The van der Waals surface area contributed by atoms with Crippen molar-refractivity contribution in [3.05, 3.63) is 35.9 Å². The van der Waals surface area contributed by atoms with E-state index in [9.17, 15) is 4.79 Å². The molecule has 0 atom stereocenters. The van der Waals surface area contributed by atoms with Crippen LogP contribution in [0.4, 0.5) is 0 Å². The molecule has 0 saturated heterocycles. The number of rotatable bonds is 10. The molecular weight excluding hydrogens is 314 g/mol. The van der Waals surface area contributed by atoms with Crippen molar-refractivity contribution < 1.29 is 9.53 Å². The molecule has 5 nitrogen and oxygen atoms in total. The van der Waals surface area contributed by atoms with Crippen LogP contribution in [0.1, 0.15) is 51.5 Å². The number of ether oxygens (including phenoxy) is 1. The fourth-order valence-corrected chi connectivity index (χ4v) is 2.98. The van der Waals surface area contributed by atoms with Crippen LogP contribution < -0.4 is 10.6 Å². The molecule has 0 aliphatic rings. The molecule has 0 aliphatic carbocycles. The number of carbonyl (C=O) groups is 1. The van der Waals surface area contributed by atoms with Crippen LogP contribution in [0.15, 0.2) is 35.3 Å². The summed E-state index contributed by atoms with van der Waals surface area (Å²) in [6.07, 6.45) is 4.32. The molecule has 1 rings (SSSR count). The average molecular weight is 348 g/mol. The number of benzene rings is 1. The Morgan fingerprint density at radius 1 is 1.12 bits per heavy atom. The number of nitrogens with one attached hydrogen (secondary N) is 2. The minimum Gasteiger partial charge on any atom is -0.469 e. The largest absolute Gasteiger partial charge is 0.469 e. The van der Waals surface area contributed by atoms with Gasteiger partial charge in [0.2, 0.25) is 0 Å². The molecule has 0 fully saturated rings. The highest BCUT2D eigenvalue weighted by Crippen LogP contribution is 2.30. The summed E-state index contributed by atoms with van der Waals surface area (Å²) in [5, 5.41) is 6.79. The van der Waals surface area contributed by atoms with E-state index in [2.05, 4.69) is 64.5 Å². The van der Waals surface area contributed by atoms with Crippen LogP contribution in [0.3, 0.4) is 0 Å². The van der Waals surface area contributed by atoms with Crippen LogP contribution >= 0.6 is 0 Å². The van der Waals surface area contributed by atoms with E-state index in [0.29, 0.717) is 6.42 Å². The van der Waals surface area contributed by atoms with Crippen LogP contribution in [0.2, 0.25) is 0 Å². The summed E-state index contributed by atoms with van der Waals surface area (Å²) in [4.78, 5) is 15.4. The first-order chi connectivity index (χ1) is 12.1. The fraction of sp³-hybridized carbons (Fsp3) is 0.600. The van der Waals surface area contributed by atoms with E-state index in [1.54, 1.807) is 7.05 Å². The minimum atomic E-state index is -0.152. The van der Waals surface area contributed by atoms with Gasteiger partial charge in [-0.15, -0.1) is 0 Å². The Balaban J connectivity index is 2.50. The molecule has 5 heteroatoms. The summed E-state index contributed by atoms with van der Waals surface area (Å²) in [5.41, 5.74) is 1.46. The number of guanidine groups is 1. The SMILES string of the molecule is CCC(CC)(CNC(=NC)NCCCCC(=O)OC)c1ccccc1. The van der Waals surface area contributed by atoms with Crippen molar-refractivity contribution in [2.45, 2.75) is 51.4 Å². The number of nitrogens with zero attached hydrogens (tertiary/aromatic N) is 1. The number of aliphatic imine (C=N–C) groups is 1. The Morgan fingerprint density at radius 2 is 1.80 bits per heavy atom. The van der Waals surface area contributed by atoms with Crippen LogP contribution in [-0.2, 0) is 14.9 Å². The first-order valence-corrected chi connectivity index (χ1v) is 9.18. The van der Waals surface area contributed by atoms with Gasteiger partial charge in [0, 0.05) is 32.0 Å². The first kappa shape index (κ1) is 21.0. The van der Waals surface area contributed by atoms with Gasteiger partial charge < -0.3 is 15.4 Å². The number of hydrogen-bond donors (Lipinski definition) is 2. The lowest BCUT2D eigenvalue weighted by Gasteiger charge is -2.33. The van der Waals surface area contributed by atoms with Crippen LogP contribution in [0.25, 0.3) is 0 Å². The number of esters is 1. The summed E-state index contributed by atoms with van der Waals surface area (Å²) in [6.45, 7) is 6.10. The molecule has 0 radical (unpaired) electrons. The van der Waals surface area contributed by atoms with E-state index in [1.807, 2.05) is 0 Å². The molecule has 1 aromatic rings. The smallest absolute Gasteiger partial charge is 0.305 e. The number of methoxy groups -OCH3 is 1. The summed E-state index contributed by atoms with van der Waals surface area (Å²) in [7, 11) is 3.21. The van der Waals surface area contributed by atoms with Gasteiger partial charge in [0.15, 0.2) is 5.96 Å². The second-order valence-electron chi connectivity index (χ2n) is 6.24. The number of unbranched alkanes of at least 4 members (excludes halogenated alkanes) is 1. The zero-order chi connectivity index (χ0) is 18.5. The molecule has 2 N–H and O–H groups in total. The topological polar surface area (TPSA) is 62.7 Å². The second-order valence-corrected chi connectivity index (χ2v) is 6.24. The van der Waals surface area contributed by atoms with E-state index in [-0.39, 0.29) is 11.4 Å². The van der Waals surface area contributed by atoms with Crippen molar-refractivity contribution in [2.24, 2.45) is 4.99 Å². The van der Waals surface area contributed by atoms with E-state index in [0.717, 1.165) is 44.7 Å². The van der Waals surface area contributed by atoms with Crippen LogP contribution in [0, 0.1) is 0 Å². The van der Waals surface area contributed by atoms with Gasteiger partial charge in [-0.05, 0) is 31.2 Å². The maximum Gasteiger partial charge on any atom is 0.305 e. The standard InChI is InChI=1S/C20H33N3O2/c1-5-20(6-2,17-12-8-7-9-13-17)16-23-19(21-3)22-15-11-10-14-18(24)25-4/h7-9,12-13H,5-6,10-11,14-16H2,1-4H3,(H2,21,22,23). The molecule has 0 spiro atoms. The van der Waals surface area contributed by atoms with E-state index in [1.165, 1.54) is 12.7 Å². The third-order valence-electron chi connectivity index (χ3n) is 4.89. The van der Waals surface area contributed by atoms with Crippen molar-refractivity contribution in [1.82, 2.24) is 10.6 Å². The predicted octanol–water partition coefficient (Wildman–Crippen LogP) is 3.25. The Kier molecular flexibility index (Phi) is 9.66. The first-order valence-electron chi connectivity index (χ1n) is 9.18. The minimum absolute atomic E-state index is 0.101. The highest BCUT2D eigenvalue weighted by Gasteiger charge is 2.28. The molecule has 0 aliphatic heterocycles. The van der Waals surface area contributed by atoms with E-state index >= 15 is 0 Å². The zero-order valence-corrected chi connectivity index (χ0v) is 16.1. The maximum atomic E-state index is 11.1. The predicted molar refractivity (Wildman–Crippen MR) is 104 cm³/mol. The highest BCUT2D eigenvalue weighted by molar-refractivity contribution is 5.79. The van der Waals surface area contributed by atoms with Crippen molar-refractivity contribution in [2.75, 3.05) is 27.2 Å². The summed E-state index contributed by atoms with van der Waals surface area (Å²) in [6, 6.07) is 10.7. The third-order valence-corrected chi connectivity index (χ3v) is 4.89. The molecule has 0 aromatic heterocycles. The van der Waals surface area contributed by atoms with Crippen LogP contribution in [-0.4, -0.2) is 39.2 Å². The Labute approximate surface area is 152 Å². The van der Waals surface area contributed by atoms with Gasteiger partial charge in [-0.1, -0.05) is 44.2 Å². The second kappa shape index (κ2) is 11.5. The molecule has 1 aromatic carbocycles. The quantitative estimate of drug-likeness (QED) is 0.295. The number of carbonyl (C=O) groups excluding carboxylic acids is 1. The fourth-order valence-electron chi connectivity index (χ4n) is 2.98. The van der Waals surface area contributed by atoms with Gasteiger partial charge in [-0.3, -0.25) is 9.79 Å². The van der Waals surface area contributed by atoms with Gasteiger partial charge in [-0.2, -0.15) is 0 Å². The molecule has 0 unspecified atom stereocenters. The van der Waals surface area contributed by atoms with Crippen molar-refractivity contribution in [3.63, 3.8) is 0 Å². The Morgan fingerprint density at radius 3 is 2.36 bits per heavy atom. The van der Waals surface area contributed by atoms with E-state index < -0.39 is 0 Å². The Hall–Kier alpha value is -2.04. The summed E-state index contributed by atoms with van der Waals surface area (Å²) in [5.74, 6) is 0.654. The number of hydrogen-bond acceptors (Lipinski definition) is 3. The molecule has 0 saturated carbocycles. The van der Waals surface area contributed by atoms with Gasteiger partial charge in [0.25, 0.3) is 0 Å². The molecule has 140 valence electrons. The zero-order valence-electron chi connectivity index (χ0n) is 16.1. The lowest BCUT2D eigenvalue weighted by Crippen LogP contribution is -2.45. The van der Waals surface area contributed by atoms with Crippen molar-refractivity contribution in [3.8, 4) is 0 Å². The third kappa shape index (κ3) is 6.77. The monoisotopic (exact) mass is 347 g/mol. The van der Waals surface area contributed by atoms with Crippen LogP contribution in [0.5, 0.6) is 0 Å². The molecule has 0 bridgehead atoms.